The summed E-state index contributed by atoms with van der Waals surface area (Å²) in [6.45, 7) is 0.164. The summed E-state index contributed by atoms with van der Waals surface area (Å²) in [7, 11) is 0. The van der Waals surface area contributed by atoms with Crippen molar-refractivity contribution in [1.82, 2.24) is 0 Å². The molecule has 1 rings (SSSR count). The number of hydrogen-bond donors (Lipinski definition) is 1. The molecule has 0 saturated carbocycles. The van der Waals surface area contributed by atoms with Crippen LogP contribution in [0.15, 0.2) is 24.3 Å². The molecule has 0 saturated heterocycles. The number of quaternary nitrogens is 1. The predicted octanol–water partition coefficient (Wildman–Crippen LogP) is -2.73. The second-order valence-electron chi connectivity index (χ2n) is 2.23. The molecule has 0 atom stereocenters. The fourth-order valence-corrected chi connectivity index (χ4v) is 0.921. The second-order valence-corrected chi connectivity index (χ2v) is 2.23. The standard InChI is InChI=1S/C7H9N2O3.ClH/c8-12-5-6-3-1-2-4-7(6)9(10)11;/h1-4H,5H2,8H3;1H/q+1;/p-1. The molecule has 3 N–H and O–H groups in total. The van der Waals surface area contributed by atoms with Crippen molar-refractivity contribution in [2.45, 2.75) is 6.61 Å². The lowest BCUT2D eigenvalue weighted by Gasteiger charge is -1.97. The molecule has 0 spiro atoms. The van der Waals surface area contributed by atoms with Crippen LogP contribution in [0.1, 0.15) is 5.56 Å². The minimum atomic E-state index is -0.436. The lowest BCUT2D eigenvalue weighted by atomic mass is 10.2. The van der Waals surface area contributed by atoms with Gasteiger partial charge in [0.05, 0.1) is 10.5 Å². The summed E-state index contributed by atoms with van der Waals surface area (Å²) in [5.41, 5.74) is 0.610. The molecule has 0 radical (unpaired) electrons. The Labute approximate surface area is 81.0 Å². The zero-order valence-corrected chi connectivity index (χ0v) is 7.53. The Kier molecular flexibility index (Phi) is 4.98. The number of nitro groups is 1. The van der Waals surface area contributed by atoms with Gasteiger partial charge in [0.25, 0.3) is 5.69 Å². The molecular formula is C7H9ClN2O3. The number of nitro benzene ring substituents is 1. The summed E-state index contributed by atoms with van der Waals surface area (Å²) in [5.74, 6) is 3.16. The van der Waals surface area contributed by atoms with Crippen molar-refractivity contribution < 1.29 is 28.1 Å². The van der Waals surface area contributed by atoms with E-state index in [4.69, 9.17) is 0 Å². The quantitative estimate of drug-likeness (QED) is 0.429. The fourth-order valence-electron chi connectivity index (χ4n) is 0.921. The Bertz CT molecular complexity index is 293. The maximum atomic E-state index is 10.4. The lowest BCUT2D eigenvalue weighted by Crippen LogP contribution is -3.00. The van der Waals surface area contributed by atoms with E-state index in [2.05, 4.69) is 10.7 Å². The Morgan fingerprint density at radius 2 is 2.08 bits per heavy atom. The average Bonchev–Trinajstić information content (AvgIpc) is 2.05. The predicted molar refractivity (Wildman–Crippen MR) is 40.8 cm³/mol. The van der Waals surface area contributed by atoms with Crippen molar-refractivity contribution in [3.63, 3.8) is 0 Å². The second kappa shape index (κ2) is 5.47. The van der Waals surface area contributed by atoms with Crippen LogP contribution in [0.4, 0.5) is 5.69 Å². The summed E-state index contributed by atoms with van der Waals surface area (Å²) >= 11 is 0. The maximum absolute atomic E-state index is 10.4. The van der Waals surface area contributed by atoms with Crippen molar-refractivity contribution in [1.29, 1.82) is 0 Å². The summed E-state index contributed by atoms with van der Waals surface area (Å²) in [5, 5.41) is 10.4. The van der Waals surface area contributed by atoms with E-state index in [9.17, 15) is 10.1 Å². The van der Waals surface area contributed by atoms with E-state index in [1.807, 2.05) is 0 Å². The zero-order chi connectivity index (χ0) is 8.97. The summed E-state index contributed by atoms with van der Waals surface area (Å²) in [6, 6.07) is 6.42. The van der Waals surface area contributed by atoms with E-state index in [1.54, 1.807) is 18.2 Å². The minimum absolute atomic E-state index is 0. The van der Waals surface area contributed by atoms with Gasteiger partial charge in [0, 0.05) is 6.07 Å². The molecule has 0 aromatic heterocycles. The lowest BCUT2D eigenvalue weighted by molar-refractivity contribution is -0.695. The molecule has 0 amide bonds. The first-order valence-electron chi connectivity index (χ1n) is 3.35. The Hall–Kier alpha value is -1.17. The number of nitrogens with zero attached hydrogens (tertiary/aromatic N) is 1. The van der Waals surface area contributed by atoms with E-state index >= 15 is 0 Å². The van der Waals surface area contributed by atoms with Gasteiger partial charge in [0.15, 0.2) is 0 Å². The van der Waals surface area contributed by atoms with Gasteiger partial charge in [-0.2, -0.15) is 0 Å². The number of benzene rings is 1. The fraction of sp³-hybridized carbons (Fsp3) is 0.143. The molecule has 1 aromatic rings. The van der Waals surface area contributed by atoms with Crippen LogP contribution in [0, 0.1) is 10.1 Å². The Balaban J connectivity index is 0.00000144. The highest BCUT2D eigenvalue weighted by Gasteiger charge is 2.11. The molecule has 0 unspecified atom stereocenters. The van der Waals surface area contributed by atoms with Gasteiger partial charge in [-0.15, -0.1) is 0 Å². The molecule has 5 nitrogen and oxygen atoms in total. The number of para-hydroxylation sites is 1. The number of halogens is 1. The van der Waals surface area contributed by atoms with Crippen molar-refractivity contribution >= 4 is 5.69 Å². The molecular weight excluding hydrogens is 196 g/mol. The third kappa shape index (κ3) is 2.98. The highest BCUT2D eigenvalue weighted by Crippen LogP contribution is 2.17. The van der Waals surface area contributed by atoms with Gasteiger partial charge in [-0.1, -0.05) is 12.1 Å². The highest BCUT2D eigenvalue weighted by molar-refractivity contribution is 5.39. The molecule has 0 heterocycles. The minimum Gasteiger partial charge on any atom is -1.00 e. The smallest absolute Gasteiger partial charge is 0.275 e. The molecule has 0 bridgehead atoms. The van der Waals surface area contributed by atoms with Crippen LogP contribution in [0.25, 0.3) is 0 Å². The van der Waals surface area contributed by atoms with Crippen molar-refractivity contribution in [2.24, 2.45) is 0 Å². The van der Waals surface area contributed by atoms with Gasteiger partial charge in [-0.3, -0.25) is 10.1 Å². The molecule has 6 heteroatoms. The summed E-state index contributed by atoms with van der Waals surface area (Å²) < 4.78 is 0. The van der Waals surface area contributed by atoms with Crippen LogP contribution in [0.5, 0.6) is 0 Å². The van der Waals surface area contributed by atoms with Gasteiger partial charge in [0.1, 0.15) is 6.61 Å². The number of hydrogen-bond acceptors (Lipinski definition) is 3. The Morgan fingerprint density at radius 1 is 1.46 bits per heavy atom. The van der Waals surface area contributed by atoms with Gasteiger partial charge in [-0.05, 0) is 6.07 Å². The first-order chi connectivity index (χ1) is 5.75. The van der Waals surface area contributed by atoms with Crippen molar-refractivity contribution in [3.8, 4) is 0 Å². The van der Waals surface area contributed by atoms with Crippen molar-refractivity contribution in [3.05, 3.63) is 39.9 Å². The third-order valence-corrected chi connectivity index (χ3v) is 1.45. The van der Waals surface area contributed by atoms with Crippen LogP contribution in [0.2, 0.25) is 0 Å². The van der Waals surface area contributed by atoms with Crippen LogP contribution >= 0.6 is 0 Å². The summed E-state index contributed by atoms with van der Waals surface area (Å²) in [4.78, 5) is 14.6. The van der Waals surface area contributed by atoms with E-state index < -0.39 is 4.92 Å². The molecule has 0 aliphatic heterocycles. The first-order valence-corrected chi connectivity index (χ1v) is 3.35. The third-order valence-electron chi connectivity index (χ3n) is 1.45. The largest absolute Gasteiger partial charge is 1.00 e. The van der Waals surface area contributed by atoms with Gasteiger partial charge >= 0.3 is 0 Å². The van der Waals surface area contributed by atoms with Crippen LogP contribution in [0.3, 0.4) is 0 Å². The van der Waals surface area contributed by atoms with Crippen LogP contribution < -0.4 is 18.3 Å². The van der Waals surface area contributed by atoms with Crippen LogP contribution in [-0.4, -0.2) is 4.92 Å². The molecule has 0 aliphatic rings. The highest BCUT2D eigenvalue weighted by atomic mass is 35.5. The molecule has 0 aliphatic carbocycles. The first kappa shape index (κ1) is 11.8. The molecule has 0 fully saturated rings. The van der Waals surface area contributed by atoms with E-state index in [0.29, 0.717) is 5.56 Å². The SMILES string of the molecule is [Cl-].[NH3+]OCc1ccccc1[N+](=O)[O-]. The van der Waals surface area contributed by atoms with Crippen LogP contribution in [-0.2, 0) is 11.4 Å². The van der Waals surface area contributed by atoms with E-state index in [1.165, 1.54) is 6.07 Å². The van der Waals surface area contributed by atoms with Gasteiger partial charge in [0.2, 0.25) is 0 Å². The molecule has 13 heavy (non-hydrogen) atoms. The molecule has 72 valence electrons. The van der Waals surface area contributed by atoms with E-state index in [-0.39, 0.29) is 24.7 Å². The Morgan fingerprint density at radius 3 is 2.62 bits per heavy atom. The molecule has 1 aromatic carbocycles. The number of rotatable bonds is 3. The zero-order valence-electron chi connectivity index (χ0n) is 6.77. The average molecular weight is 205 g/mol. The maximum Gasteiger partial charge on any atom is 0.275 e. The van der Waals surface area contributed by atoms with E-state index in [0.717, 1.165) is 0 Å². The topological polar surface area (TPSA) is 80.0 Å². The normalized spacial score (nSPS) is 9.00. The van der Waals surface area contributed by atoms with Gasteiger partial charge < -0.3 is 12.4 Å². The monoisotopic (exact) mass is 204 g/mol. The summed E-state index contributed by atoms with van der Waals surface area (Å²) in [6.07, 6.45) is 0. The van der Waals surface area contributed by atoms with Gasteiger partial charge in [-0.25, -0.2) is 10.7 Å². The van der Waals surface area contributed by atoms with Crippen molar-refractivity contribution in [2.75, 3.05) is 0 Å².